The molecule has 0 bridgehead atoms. The Balaban J connectivity index is 2.02. The Morgan fingerprint density at radius 2 is 2.26 bits per heavy atom. The smallest absolute Gasteiger partial charge is 0.226 e. The van der Waals surface area contributed by atoms with Crippen molar-refractivity contribution >= 4 is 22.8 Å². The van der Waals surface area contributed by atoms with Gasteiger partial charge in [0.1, 0.15) is 5.82 Å². The summed E-state index contributed by atoms with van der Waals surface area (Å²) in [7, 11) is 1.84. The van der Waals surface area contributed by atoms with E-state index < -0.39 is 0 Å². The van der Waals surface area contributed by atoms with Gasteiger partial charge < -0.3 is 10.2 Å². The van der Waals surface area contributed by atoms with Gasteiger partial charge in [0.25, 0.3) is 0 Å². The number of anilines is 2. The maximum absolute atomic E-state index is 4.65. The second kappa shape index (κ2) is 5.03. The molecule has 2 aromatic heterocycles. The Bertz CT molecular complexity index is 559. The molecule has 0 aromatic carbocycles. The minimum atomic E-state index is 0.643. The zero-order valence-electron chi connectivity index (χ0n) is 11.5. The highest BCUT2D eigenvalue weighted by Gasteiger charge is 2.31. The van der Waals surface area contributed by atoms with Crippen molar-refractivity contribution in [3.63, 3.8) is 0 Å². The van der Waals surface area contributed by atoms with E-state index in [1.165, 1.54) is 25.7 Å². The van der Waals surface area contributed by atoms with Gasteiger partial charge in [0.2, 0.25) is 5.95 Å². The highest BCUT2D eigenvalue weighted by atomic mass is 15.3. The molecule has 2 N–H and O–H groups in total. The van der Waals surface area contributed by atoms with Gasteiger partial charge in [-0.25, -0.2) is 0 Å². The van der Waals surface area contributed by atoms with Crippen LogP contribution in [-0.4, -0.2) is 39.8 Å². The van der Waals surface area contributed by atoms with Crippen LogP contribution in [-0.2, 0) is 0 Å². The molecule has 0 spiro atoms. The molecule has 1 aliphatic rings. The molecule has 0 atom stereocenters. The second-order valence-electron chi connectivity index (χ2n) is 5.03. The van der Waals surface area contributed by atoms with Crippen molar-refractivity contribution < 1.29 is 0 Å². The number of hydrogen-bond donors (Lipinski definition) is 2. The van der Waals surface area contributed by atoms with Crippen molar-refractivity contribution in [2.75, 3.05) is 23.8 Å². The fraction of sp³-hybridized carbons (Fsp3) is 0.615. The molecule has 0 saturated heterocycles. The molecule has 2 heterocycles. The maximum Gasteiger partial charge on any atom is 0.226 e. The predicted octanol–water partition coefficient (Wildman–Crippen LogP) is 2.16. The summed E-state index contributed by atoms with van der Waals surface area (Å²) in [6, 6.07) is 0.643. The topological polar surface area (TPSA) is 69.7 Å². The number of hydrogen-bond acceptors (Lipinski definition) is 5. The number of fused-ring (bicyclic) bond motifs is 1. The molecule has 0 unspecified atom stereocenters. The normalized spacial score (nSPS) is 14.8. The molecule has 0 aliphatic heterocycles. The van der Waals surface area contributed by atoms with E-state index in [-0.39, 0.29) is 0 Å². The van der Waals surface area contributed by atoms with E-state index in [2.05, 4.69) is 37.3 Å². The lowest BCUT2D eigenvalue weighted by molar-refractivity contribution is 0.707. The van der Waals surface area contributed by atoms with Crippen molar-refractivity contribution in [1.29, 1.82) is 0 Å². The number of rotatable bonds is 6. The molecule has 6 heteroatoms. The standard InChI is InChI=1S/C13H20N6/c1-3-4-7-19(9-5-6-9)12-10-8-15-18-11(10)16-13(14-2)17-12/h8-9H,3-7H2,1-2H3,(H2,14,15,16,17,18). The summed E-state index contributed by atoms with van der Waals surface area (Å²) in [5.41, 5.74) is 0.802. The monoisotopic (exact) mass is 260 g/mol. The summed E-state index contributed by atoms with van der Waals surface area (Å²) >= 11 is 0. The molecule has 0 amide bonds. The largest absolute Gasteiger partial charge is 0.357 e. The van der Waals surface area contributed by atoms with Crippen LogP contribution in [0.4, 0.5) is 11.8 Å². The SMILES string of the molecule is CCCCN(c1nc(NC)nc2[nH]ncc12)C1CC1. The molecule has 6 nitrogen and oxygen atoms in total. The highest BCUT2D eigenvalue weighted by Crippen LogP contribution is 2.34. The lowest BCUT2D eigenvalue weighted by atomic mass is 10.3. The van der Waals surface area contributed by atoms with Gasteiger partial charge >= 0.3 is 0 Å². The van der Waals surface area contributed by atoms with E-state index in [0.717, 1.165) is 23.4 Å². The predicted molar refractivity (Wildman–Crippen MR) is 76.5 cm³/mol. The molecule has 0 radical (unpaired) electrons. The van der Waals surface area contributed by atoms with Crippen molar-refractivity contribution in [3.05, 3.63) is 6.20 Å². The van der Waals surface area contributed by atoms with Crippen LogP contribution in [0, 0.1) is 0 Å². The zero-order valence-corrected chi connectivity index (χ0v) is 11.5. The van der Waals surface area contributed by atoms with E-state index in [1.54, 1.807) is 0 Å². The number of aromatic amines is 1. The Hall–Kier alpha value is -1.85. The van der Waals surface area contributed by atoms with Gasteiger partial charge in [-0.1, -0.05) is 13.3 Å². The lowest BCUT2D eigenvalue weighted by Gasteiger charge is -2.24. The molecule has 1 aliphatic carbocycles. The Kier molecular flexibility index (Phi) is 3.23. The van der Waals surface area contributed by atoms with Crippen LogP contribution >= 0.6 is 0 Å². The number of aromatic nitrogens is 4. The van der Waals surface area contributed by atoms with E-state index in [9.17, 15) is 0 Å². The van der Waals surface area contributed by atoms with Crippen LogP contribution in [0.15, 0.2) is 6.20 Å². The number of nitrogens with one attached hydrogen (secondary N) is 2. The summed E-state index contributed by atoms with van der Waals surface area (Å²) in [6.45, 7) is 3.28. The van der Waals surface area contributed by atoms with Gasteiger partial charge in [-0.15, -0.1) is 0 Å². The van der Waals surface area contributed by atoms with Gasteiger partial charge in [-0.2, -0.15) is 15.1 Å². The molecule has 102 valence electrons. The quantitative estimate of drug-likeness (QED) is 0.833. The van der Waals surface area contributed by atoms with E-state index in [1.807, 2.05) is 13.2 Å². The highest BCUT2D eigenvalue weighted by molar-refractivity contribution is 5.87. The Morgan fingerprint density at radius 1 is 1.42 bits per heavy atom. The number of unbranched alkanes of at least 4 members (excludes halogenated alkanes) is 1. The molecular formula is C13H20N6. The molecule has 2 aromatic rings. The summed E-state index contributed by atoms with van der Waals surface area (Å²) in [5.74, 6) is 1.66. The van der Waals surface area contributed by atoms with Crippen LogP contribution in [0.1, 0.15) is 32.6 Å². The Labute approximate surface area is 112 Å². The summed E-state index contributed by atoms with van der Waals surface area (Å²) in [5, 5.41) is 11.1. The van der Waals surface area contributed by atoms with Crippen LogP contribution in [0.3, 0.4) is 0 Å². The van der Waals surface area contributed by atoms with Crippen LogP contribution < -0.4 is 10.2 Å². The molecule has 19 heavy (non-hydrogen) atoms. The second-order valence-corrected chi connectivity index (χ2v) is 5.03. The van der Waals surface area contributed by atoms with Crippen LogP contribution in [0.25, 0.3) is 11.0 Å². The molecular weight excluding hydrogens is 240 g/mol. The average molecular weight is 260 g/mol. The van der Waals surface area contributed by atoms with E-state index in [4.69, 9.17) is 0 Å². The maximum atomic E-state index is 4.65. The van der Waals surface area contributed by atoms with Crippen LogP contribution in [0.5, 0.6) is 0 Å². The minimum Gasteiger partial charge on any atom is -0.357 e. The van der Waals surface area contributed by atoms with Gasteiger partial charge in [-0.05, 0) is 19.3 Å². The van der Waals surface area contributed by atoms with Gasteiger partial charge in [-0.3, -0.25) is 5.10 Å². The van der Waals surface area contributed by atoms with E-state index >= 15 is 0 Å². The molecule has 1 saturated carbocycles. The first-order valence-electron chi connectivity index (χ1n) is 6.99. The summed E-state index contributed by atoms with van der Waals surface area (Å²) in [6.07, 6.45) is 6.74. The fourth-order valence-corrected chi connectivity index (χ4v) is 2.33. The fourth-order valence-electron chi connectivity index (χ4n) is 2.33. The Morgan fingerprint density at radius 3 is 2.95 bits per heavy atom. The summed E-state index contributed by atoms with van der Waals surface area (Å²) < 4.78 is 0. The van der Waals surface area contributed by atoms with Crippen molar-refractivity contribution in [3.8, 4) is 0 Å². The van der Waals surface area contributed by atoms with Gasteiger partial charge in [0, 0.05) is 19.6 Å². The third-order valence-corrected chi connectivity index (χ3v) is 3.53. The first-order valence-corrected chi connectivity index (χ1v) is 6.99. The van der Waals surface area contributed by atoms with Crippen molar-refractivity contribution in [1.82, 2.24) is 20.2 Å². The first kappa shape index (κ1) is 12.2. The first-order chi connectivity index (χ1) is 9.33. The minimum absolute atomic E-state index is 0.643. The van der Waals surface area contributed by atoms with Crippen molar-refractivity contribution in [2.45, 2.75) is 38.6 Å². The number of H-pyrrole nitrogens is 1. The zero-order chi connectivity index (χ0) is 13.2. The van der Waals surface area contributed by atoms with Gasteiger partial charge in [0.05, 0.1) is 11.6 Å². The van der Waals surface area contributed by atoms with Gasteiger partial charge in [0.15, 0.2) is 5.65 Å². The third kappa shape index (κ3) is 2.34. The van der Waals surface area contributed by atoms with Crippen LogP contribution in [0.2, 0.25) is 0 Å². The van der Waals surface area contributed by atoms with Crippen molar-refractivity contribution in [2.24, 2.45) is 0 Å². The van der Waals surface area contributed by atoms with E-state index in [0.29, 0.717) is 12.0 Å². The lowest BCUT2D eigenvalue weighted by Crippen LogP contribution is -2.28. The third-order valence-electron chi connectivity index (χ3n) is 3.53. The molecule has 3 rings (SSSR count). The summed E-state index contributed by atoms with van der Waals surface area (Å²) in [4.78, 5) is 11.5. The average Bonchev–Trinajstić information content (AvgIpc) is 3.16. The molecule has 1 fully saturated rings. The number of nitrogens with zero attached hydrogens (tertiary/aromatic N) is 4.